The van der Waals surface area contributed by atoms with Gasteiger partial charge >= 0.3 is 0 Å². The van der Waals surface area contributed by atoms with Crippen molar-refractivity contribution in [2.75, 3.05) is 0 Å². The lowest BCUT2D eigenvalue weighted by atomic mass is 9.83. The smallest absolute Gasteiger partial charge is 0.166 e. The third-order valence-corrected chi connectivity index (χ3v) is 3.63. The summed E-state index contributed by atoms with van der Waals surface area (Å²) in [5, 5.41) is 7.58. The minimum absolute atomic E-state index is 0.420. The van der Waals surface area contributed by atoms with Crippen LogP contribution >= 0.6 is 12.2 Å². The largest absolute Gasteiger partial charge is 0.361 e. The zero-order chi connectivity index (χ0) is 12.0. The summed E-state index contributed by atoms with van der Waals surface area (Å²) in [6.45, 7) is 6.50. The van der Waals surface area contributed by atoms with E-state index in [4.69, 9.17) is 12.2 Å². The topological polar surface area (TPSA) is 24.1 Å². The Morgan fingerprint density at radius 3 is 2.31 bits per heavy atom. The zero-order valence-corrected chi connectivity index (χ0v) is 11.7. The Hall–Kier alpha value is -0.310. The van der Waals surface area contributed by atoms with Crippen LogP contribution in [0, 0.1) is 5.92 Å². The van der Waals surface area contributed by atoms with Gasteiger partial charge in [0.2, 0.25) is 0 Å². The molecule has 0 heterocycles. The lowest BCUT2D eigenvalue weighted by molar-refractivity contribution is 0.283. The molecule has 2 N–H and O–H groups in total. The van der Waals surface area contributed by atoms with E-state index in [1.165, 1.54) is 38.5 Å². The van der Waals surface area contributed by atoms with Gasteiger partial charge in [0.25, 0.3) is 0 Å². The van der Waals surface area contributed by atoms with Crippen molar-refractivity contribution >= 4 is 17.3 Å². The average Bonchev–Trinajstić information content (AvgIpc) is 2.26. The molecule has 2 nitrogen and oxygen atoms in total. The van der Waals surface area contributed by atoms with Crippen molar-refractivity contribution in [3.8, 4) is 0 Å². The number of thiocarbonyl (C=S) groups is 1. The van der Waals surface area contributed by atoms with Crippen molar-refractivity contribution < 1.29 is 0 Å². The third-order valence-electron chi connectivity index (χ3n) is 3.39. The summed E-state index contributed by atoms with van der Waals surface area (Å²) in [6.07, 6.45) is 8.12. The highest BCUT2D eigenvalue weighted by molar-refractivity contribution is 7.80. The quantitative estimate of drug-likeness (QED) is 0.740. The zero-order valence-electron chi connectivity index (χ0n) is 10.9. The Bertz CT molecular complexity index is 210. The summed E-state index contributed by atoms with van der Waals surface area (Å²) in [5.41, 5.74) is 0. The van der Waals surface area contributed by atoms with Gasteiger partial charge < -0.3 is 10.6 Å². The van der Waals surface area contributed by atoms with Gasteiger partial charge in [-0.3, -0.25) is 0 Å². The number of rotatable bonds is 4. The SMILES string of the molecule is CCC(NC(=S)NC(C)C)C1CCCCC1. The highest BCUT2D eigenvalue weighted by Crippen LogP contribution is 2.27. The highest BCUT2D eigenvalue weighted by atomic mass is 32.1. The maximum absolute atomic E-state index is 5.32. The Balaban J connectivity index is 2.37. The highest BCUT2D eigenvalue weighted by Gasteiger charge is 2.22. The Labute approximate surface area is 106 Å². The van der Waals surface area contributed by atoms with Gasteiger partial charge in [-0.2, -0.15) is 0 Å². The van der Waals surface area contributed by atoms with E-state index in [1.807, 2.05) is 0 Å². The number of hydrogen-bond acceptors (Lipinski definition) is 1. The maximum atomic E-state index is 5.32. The molecule has 0 aromatic carbocycles. The van der Waals surface area contributed by atoms with Crippen molar-refractivity contribution in [2.45, 2.75) is 71.4 Å². The molecule has 1 atom stereocenters. The van der Waals surface area contributed by atoms with E-state index in [0.717, 1.165) is 11.0 Å². The first-order valence-electron chi connectivity index (χ1n) is 6.70. The summed E-state index contributed by atoms with van der Waals surface area (Å²) in [6, 6.07) is 0.989. The molecule has 1 aliphatic rings. The fourth-order valence-electron chi connectivity index (χ4n) is 2.56. The van der Waals surface area contributed by atoms with E-state index in [2.05, 4.69) is 31.4 Å². The lowest BCUT2D eigenvalue weighted by Gasteiger charge is -2.31. The van der Waals surface area contributed by atoms with E-state index >= 15 is 0 Å². The molecule has 1 fully saturated rings. The van der Waals surface area contributed by atoms with Gasteiger partial charge in [0.1, 0.15) is 0 Å². The van der Waals surface area contributed by atoms with Gasteiger partial charge in [-0.1, -0.05) is 26.2 Å². The van der Waals surface area contributed by atoms with Gasteiger partial charge in [-0.15, -0.1) is 0 Å². The van der Waals surface area contributed by atoms with Crippen LogP contribution in [-0.4, -0.2) is 17.2 Å². The number of nitrogens with one attached hydrogen (secondary N) is 2. The molecule has 1 rings (SSSR count). The number of hydrogen-bond donors (Lipinski definition) is 2. The van der Waals surface area contributed by atoms with Gasteiger partial charge in [-0.05, 0) is 51.2 Å². The standard InChI is InChI=1S/C13H26N2S/c1-4-12(11-8-6-5-7-9-11)15-13(16)14-10(2)3/h10-12H,4-9H2,1-3H3,(H2,14,15,16). The van der Waals surface area contributed by atoms with E-state index < -0.39 is 0 Å². The lowest BCUT2D eigenvalue weighted by Crippen LogP contribution is -2.47. The van der Waals surface area contributed by atoms with Gasteiger partial charge in [0.05, 0.1) is 0 Å². The van der Waals surface area contributed by atoms with E-state index in [9.17, 15) is 0 Å². The van der Waals surface area contributed by atoms with Crippen LogP contribution in [0.3, 0.4) is 0 Å². The van der Waals surface area contributed by atoms with Crippen LogP contribution in [0.15, 0.2) is 0 Å². The summed E-state index contributed by atoms with van der Waals surface area (Å²) in [5.74, 6) is 0.825. The maximum Gasteiger partial charge on any atom is 0.166 e. The van der Waals surface area contributed by atoms with Crippen molar-refractivity contribution in [3.05, 3.63) is 0 Å². The molecule has 3 heteroatoms. The molecule has 1 unspecified atom stereocenters. The predicted octanol–water partition coefficient (Wildman–Crippen LogP) is 3.22. The molecule has 0 aliphatic heterocycles. The second kappa shape index (κ2) is 7.10. The molecule has 94 valence electrons. The van der Waals surface area contributed by atoms with E-state index in [-0.39, 0.29) is 0 Å². The molecule has 1 saturated carbocycles. The molecule has 0 saturated heterocycles. The summed E-state index contributed by atoms with van der Waals surface area (Å²) in [7, 11) is 0. The third kappa shape index (κ3) is 4.69. The fraction of sp³-hybridized carbons (Fsp3) is 0.923. The molecule has 1 aliphatic carbocycles. The normalized spacial score (nSPS) is 19.5. The van der Waals surface area contributed by atoms with Crippen molar-refractivity contribution in [1.82, 2.24) is 10.6 Å². The predicted molar refractivity (Wildman–Crippen MR) is 74.7 cm³/mol. The van der Waals surface area contributed by atoms with Crippen LogP contribution in [0.5, 0.6) is 0 Å². The first-order chi connectivity index (χ1) is 7.63. The average molecular weight is 242 g/mol. The van der Waals surface area contributed by atoms with Crippen LogP contribution in [0.1, 0.15) is 59.3 Å². The molecule has 16 heavy (non-hydrogen) atoms. The van der Waals surface area contributed by atoms with E-state index in [1.54, 1.807) is 0 Å². The Morgan fingerprint density at radius 2 is 1.81 bits per heavy atom. The summed E-state index contributed by atoms with van der Waals surface area (Å²) in [4.78, 5) is 0. The molecular formula is C13H26N2S. The summed E-state index contributed by atoms with van der Waals surface area (Å²) >= 11 is 5.32. The van der Waals surface area contributed by atoms with Crippen LogP contribution in [-0.2, 0) is 0 Å². The molecule has 0 spiro atoms. The van der Waals surface area contributed by atoms with E-state index in [0.29, 0.717) is 12.1 Å². The molecule has 0 amide bonds. The van der Waals surface area contributed by atoms with Gasteiger partial charge in [0, 0.05) is 12.1 Å². The van der Waals surface area contributed by atoms with Crippen molar-refractivity contribution in [2.24, 2.45) is 5.92 Å². The molecule has 0 aromatic rings. The summed E-state index contributed by atoms with van der Waals surface area (Å²) < 4.78 is 0. The molecular weight excluding hydrogens is 216 g/mol. The van der Waals surface area contributed by atoms with Crippen molar-refractivity contribution in [3.63, 3.8) is 0 Å². The second-order valence-corrected chi connectivity index (χ2v) is 5.59. The van der Waals surface area contributed by atoms with Crippen molar-refractivity contribution in [1.29, 1.82) is 0 Å². The molecule has 0 bridgehead atoms. The van der Waals surface area contributed by atoms with Crippen LogP contribution in [0.25, 0.3) is 0 Å². The van der Waals surface area contributed by atoms with Gasteiger partial charge in [-0.25, -0.2) is 0 Å². The van der Waals surface area contributed by atoms with Gasteiger partial charge in [0.15, 0.2) is 5.11 Å². The molecule has 0 radical (unpaired) electrons. The van der Waals surface area contributed by atoms with Crippen LogP contribution in [0.4, 0.5) is 0 Å². The van der Waals surface area contributed by atoms with Crippen LogP contribution in [0.2, 0.25) is 0 Å². The first kappa shape index (κ1) is 13.8. The fourth-order valence-corrected chi connectivity index (χ4v) is 2.95. The minimum atomic E-state index is 0.420. The molecule has 0 aromatic heterocycles. The minimum Gasteiger partial charge on any atom is -0.361 e. The monoisotopic (exact) mass is 242 g/mol. The Morgan fingerprint density at radius 1 is 1.19 bits per heavy atom. The second-order valence-electron chi connectivity index (χ2n) is 5.19. The first-order valence-corrected chi connectivity index (χ1v) is 7.11. The van der Waals surface area contributed by atoms with Crippen LogP contribution < -0.4 is 10.6 Å². The Kier molecular flexibility index (Phi) is 6.10.